The first kappa shape index (κ1) is 18.2. The molecule has 2 aromatic carbocycles. The van der Waals surface area contributed by atoms with E-state index in [1.807, 2.05) is 42.5 Å². The lowest BCUT2D eigenvalue weighted by Crippen LogP contribution is -2.44. The van der Waals surface area contributed by atoms with Crippen molar-refractivity contribution in [3.05, 3.63) is 65.2 Å². The number of rotatable bonds is 4. The minimum absolute atomic E-state index is 0.0536. The van der Waals surface area contributed by atoms with Gasteiger partial charge in [0.1, 0.15) is 0 Å². The molecule has 2 aliphatic rings. The summed E-state index contributed by atoms with van der Waals surface area (Å²) in [7, 11) is 0. The predicted octanol–water partition coefficient (Wildman–Crippen LogP) is 2.35. The molecule has 28 heavy (non-hydrogen) atoms. The normalized spacial score (nSPS) is 18.4. The molecule has 6 nitrogen and oxygen atoms in total. The maximum absolute atomic E-state index is 12.7. The van der Waals surface area contributed by atoms with Gasteiger partial charge in [0.25, 0.3) is 5.91 Å². The molecule has 6 heteroatoms. The first-order valence-electron chi connectivity index (χ1n) is 9.64. The van der Waals surface area contributed by atoms with E-state index >= 15 is 0 Å². The largest absolute Gasteiger partial charge is 0.348 e. The Balaban J connectivity index is 1.37. The van der Waals surface area contributed by atoms with E-state index in [4.69, 9.17) is 0 Å². The molecule has 144 valence electrons. The van der Waals surface area contributed by atoms with Crippen LogP contribution in [-0.2, 0) is 22.6 Å². The third kappa shape index (κ3) is 3.91. The average molecular weight is 377 g/mol. The SMILES string of the molecule is O=C1NCc2ccc(NC(=O)C3CCCN(C(=O)Cc4ccccc4)C3)cc21. The number of nitrogens with one attached hydrogen (secondary N) is 2. The molecule has 1 fully saturated rings. The number of nitrogens with zero attached hydrogens (tertiary/aromatic N) is 1. The summed E-state index contributed by atoms with van der Waals surface area (Å²) in [5.41, 5.74) is 3.16. The molecule has 1 unspecified atom stereocenters. The van der Waals surface area contributed by atoms with Crippen LogP contribution in [0.15, 0.2) is 48.5 Å². The summed E-state index contributed by atoms with van der Waals surface area (Å²) in [5, 5.41) is 5.69. The molecular weight excluding hydrogens is 354 g/mol. The van der Waals surface area contributed by atoms with Gasteiger partial charge in [-0.05, 0) is 36.1 Å². The van der Waals surface area contributed by atoms with E-state index in [0.29, 0.717) is 37.3 Å². The van der Waals surface area contributed by atoms with Gasteiger partial charge in [-0.15, -0.1) is 0 Å². The fourth-order valence-corrected chi connectivity index (χ4v) is 3.83. The Morgan fingerprint density at radius 2 is 1.96 bits per heavy atom. The molecule has 4 rings (SSSR count). The zero-order valence-corrected chi connectivity index (χ0v) is 15.6. The number of anilines is 1. The van der Waals surface area contributed by atoms with Gasteiger partial charge in [0.05, 0.1) is 12.3 Å². The van der Waals surface area contributed by atoms with Crippen molar-refractivity contribution >= 4 is 23.4 Å². The number of benzene rings is 2. The van der Waals surface area contributed by atoms with Crippen LogP contribution in [0.3, 0.4) is 0 Å². The van der Waals surface area contributed by atoms with Crippen LogP contribution in [0, 0.1) is 5.92 Å². The Hall–Kier alpha value is -3.15. The summed E-state index contributed by atoms with van der Waals surface area (Å²) in [6, 6.07) is 15.1. The van der Waals surface area contributed by atoms with E-state index in [0.717, 1.165) is 24.0 Å². The number of likely N-dealkylation sites (tertiary alicyclic amines) is 1. The van der Waals surface area contributed by atoms with Gasteiger partial charge in [-0.2, -0.15) is 0 Å². The smallest absolute Gasteiger partial charge is 0.251 e. The third-order valence-corrected chi connectivity index (χ3v) is 5.40. The highest BCUT2D eigenvalue weighted by molar-refractivity contribution is 6.00. The van der Waals surface area contributed by atoms with Crippen LogP contribution in [0.4, 0.5) is 5.69 Å². The monoisotopic (exact) mass is 377 g/mol. The number of carbonyl (C=O) groups excluding carboxylic acids is 3. The van der Waals surface area contributed by atoms with Crippen LogP contribution in [0.25, 0.3) is 0 Å². The summed E-state index contributed by atoms with van der Waals surface area (Å²) < 4.78 is 0. The molecule has 2 aliphatic heterocycles. The molecule has 0 aliphatic carbocycles. The molecule has 0 radical (unpaired) electrons. The molecule has 0 bridgehead atoms. The molecule has 3 amide bonds. The quantitative estimate of drug-likeness (QED) is 0.859. The maximum Gasteiger partial charge on any atom is 0.251 e. The van der Waals surface area contributed by atoms with Crippen molar-refractivity contribution in [2.24, 2.45) is 5.92 Å². The summed E-state index contributed by atoms with van der Waals surface area (Å²) in [4.78, 5) is 38.9. The van der Waals surface area contributed by atoms with Crippen molar-refractivity contribution in [3.8, 4) is 0 Å². The van der Waals surface area contributed by atoms with Crippen LogP contribution in [0.5, 0.6) is 0 Å². The van der Waals surface area contributed by atoms with Gasteiger partial charge in [0, 0.05) is 30.9 Å². The fraction of sp³-hybridized carbons (Fsp3) is 0.318. The predicted molar refractivity (Wildman–Crippen MR) is 106 cm³/mol. The van der Waals surface area contributed by atoms with Gasteiger partial charge in [0.15, 0.2) is 0 Å². The second-order valence-corrected chi connectivity index (χ2v) is 7.39. The minimum atomic E-state index is -0.240. The number of fused-ring (bicyclic) bond motifs is 1. The number of hydrogen-bond acceptors (Lipinski definition) is 3. The Kier molecular flexibility index (Phi) is 5.10. The minimum Gasteiger partial charge on any atom is -0.348 e. The zero-order chi connectivity index (χ0) is 19.5. The second kappa shape index (κ2) is 7.84. The molecule has 2 heterocycles. The Morgan fingerprint density at radius 1 is 1.14 bits per heavy atom. The lowest BCUT2D eigenvalue weighted by Gasteiger charge is -2.32. The van der Waals surface area contributed by atoms with Crippen molar-refractivity contribution in [2.75, 3.05) is 18.4 Å². The van der Waals surface area contributed by atoms with Gasteiger partial charge >= 0.3 is 0 Å². The highest BCUT2D eigenvalue weighted by atomic mass is 16.2. The molecular formula is C22H23N3O3. The van der Waals surface area contributed by atoms with E-state index in [-0.39, 0.29) is 23.6 Å². The van der Waals surface area contributed by atoms with E-state index in [1.54, 1.807) is 11.0 Å². The molecule has 0 aromatic heterocycles. The van der Waals surface area contributed by atoms with Gasteiger partial charge in [0.2, 0.25) is 11.8 Å². The van der Waals surface area contributed by atoms with E-state index in [9.17, 15) is 14.4 Å². The summed E-state index contributed by atoms with van der Waals surface area (Å²) in [5.74, 6) is -0.398. The van der Waals surface area contributed by atoms with E-state index < -0.39 is 0 Å². The zero-order valence-electron chi connectivity index (χ0n) is 15.6. The molecule has 1 saturated heterocycles. The lowest BCUT2D eigenvalue weighted by atomic mass is 9.96. The van der Waals surface area contributed by atoms with Crippen molar-refractivity contribution in [2.45, 2.75) is 25.8 Å². The van der Waals surface area contributed by atoms with Crippen LogP contribution >= 0.6 is 0 Å². The van der Waals surface area contributed by atoms with Crippen molar-refractivity contribution in [3.63, 3.8) is 0 Å². The van der Waals surface area contributed by atoms with Gasteiger partial charge in [-0.3, -0.25) is 14.4 Å². The van der Waals surface area contributed by atoms with E-state index in [2.05, 4.69) is 10.6 Å². The first-order chi connectivity index (χ1) is 13.6. The number of piperidine rings is 1. The van der Waals surface area contributed by atoms with Gasteiger partial charge < -0.3 is 15.5 Å². The molecule has 0 saturated carbocycles. The maximum atomic E-state index is 12.7. The summed E-state index contributed by atoms with van der Waals surface area (Å²) in [6.07, 6.45) is 1.92. The standard InChI is InChI=1S/C22H23N3O3/c26-20(11-15-5-2-1-3-6-15)25-10-4-7-17(14-25)21(27)24-18-9-8-16-13-23-22(28)19(16)12-18/h1-3,5-6,8-9,12,17H,4,7,10-11,13-14H2,(H,23,28)(H,24,27). The van der Waals surface area contributed by atoms with Crippen LogP contribution in [0.1, 0.15) is 34.3 Å². The second-order valence-electron chi connectivity index (χ2n) is 7.39. The summed E-state index contributed by atoms with van der Waals surface area (Å²) >= 11 is 0. The van der Waals surface area contributed by atoms with E-state index in [1.165, 1.54) is 0 Å². The molecule has 0 spiro atoms. The average Bonchev–Trinajstić information content (AvgIpc) is 3.09. The third-order valence-electron chi connectivity index (χ3n) is 5.40. The Morgan fingerprint density at radius 3 is 2.79 bits per heavy atom. The lowest BCUT2D eigenvalue weighted by molar-refractivity contribution is -0.133. The number of hydrogen-bond donors (Lipinski definition) is 2. The van der Waals surface area contributed by atoms with Crippen molar-refractivity contribution in [1.82, 2.24) is 10.2 Å². The Bertz CT molecular complexity index is 910. The molecule has 2 N–H and O–H groups in total. The van der Waals surface area contributed by atoms with Crippen molar-refractivity contribution < 1.29 is 14.4 Å². The summed E-state index contributed by atoms with van der Waals surface area (Å²) in [6.45, 7) is 1.65. The first-order valence-corrected chi connectivity index (χ1v) is 9.64. The Labute approximate surface area is 163 Å². The number of carbonyl (C=O) groups is 3. The van der Waals surface area contributed by atoms with Crippen molar-refractivity contribution in [1.29, 1.82) is 0 Å². The van der Waals surface area contributed by atoms with Gasteiger partial charge in [-0.1, -0.05) is 36.4 Å². The number of amides is 3. The molecule has 2 aromatic rings. The van der Waals surface area contributed by atoms with Crippen LogP contribution in [-0.4, -0.2) is 35.7 Å². The van der Waals surface area contributed by atoms with Crippen LogP contribution in [0.2, 0.25) is 0 Å². The van der Waals surface area contributed by atoms with Crippen LogP contribution < -0.4 is 10.6 Å². The highest BCUT2D eigenvalue weighted by Gasteiger charge is 2.29. The fourth-order valence-electron chi connectivity index (χ4n) is 3.83. The molecule has 1 atom stereocenters. The highest BCUT2D eigenvalue weighted by Crippen LogP contribution is 2.23. The van der Waals surface area contributed by atoms with Gasteiger partial charge in [-0.25, -0.2) is 0 Å². The topological polar surface area (TPSA) is 78.5 Å².